The third kappa shape index (κ3) is 3.24. The van der Waals surface area contributed by atoms with Crippen LogP contribution in [-0.2, 0) is 14.3 Å². The fourth-order valence-electron chi connectivity index (χ4n) is 0.924. The molecule has 0 radical (unpaired) electrons. The highest BCUT2D eigenvalue weighted by atomic mass is 32.2. The summed E-state index contributed by atoms with van der Waals surface area (Å²) in [5.74, 6) is 0. The minimum Gasteiger partial charge on any atom is -0.245 e. The summed E-state index contributed by atoms with van der Waals surface area (Å²) in [5, 5.41) is 0. The third-order valence-corrected chi connectivity index (χ3v) is 2.97. The van der Waals surface area contributed by atoms with Crippen LogP contribution in [0.25, 0.3) is 0 Å². The molecule has 0 aromatic heterocycles. The van der Waals surface area contributed by atoms with Gasteiger partial charge in [0.15, 0.2) is 0 Å². The number of halogens is 2. The van der Waals surface area contributed by atoms with Crippen LogP contribution in [0.3, 0.4) is 0 Å². The second-order valence-corrected chi connectivity index (χ2v) is 4.50. The molecule has 0 aliphatic carbocycles. The van der Waals surface area contributed by atoms with Gasteiger partial charge < -0.3 is 0 Å². The maximum Gasteiger partial charge on any atom is 0.299 e. The van der Waals surface area contributed by atoms with Crippen molar-refractivity contribution >= 4 is 10.1 Å². The fourth-order valence-corrected chi connectivity index (χ4v) is 1.83. The summed E-state index contributed by atoms with van der Waals surface area (Å²) in [5.41, 5.74) is 0.858. The van der Waals surface area contributed by atoms with Gasteiger partial charge in [-0.15, -0.1) is 0 Å². The van der Waals surface area contributed by atoms with Gasteiger partial charge in [0.25, 0.3) is 10.1 Å². The van der Waals surface area contributed by atoms with E-state index in [1.54, 1.807) is 19.1 Å². The van der Waals surface area contributed by atoms with Crippen molar-refractivity contribution in [3.63, 3.8) is 0 Å². The molecule has 0 aliphatic rings. The fraction of sp³-hybridized carbons (Fsp3) is 0.333. The topological polar surface area (TPSA) is 43.4 Å². The van der Waals surface area contributed by atoms with Gasteiger partial charge in [-0.1, -0.05) is 17.7 Å². The van der Waals surface area contributed by atoms with Crippen molar-refractivity contribution in [1.82, 2.24) is 0 Å². The molecule has 1 atom stereocenters. The molecule has 1 aromatic carbocycles. The first kappa shape index (κ1) is 12.1. The molecule has 0 fully saturated rings. The van der Waals surface area contributed by atoms with Crippen LogP contribution in [0.2, 0.25) is 0 Å². The van der Waals surface area contributed by atoms with Gasteiger partial charge in [0.2, 0.25) is 6.36 Å². The number of benzene rings is 1. The Labute approximate surface area is 86.8 Å². The van der Waals surface area contributed by atoms with Gasteiger partial charge in [-0.3, -0.25) is 0 Å². The van der Waals surface area contributed by atoms with Gasteiger partial charge in [-0.2, -0.15) is 8.42 Å². The molecule has 3 nitrogen and oxygen atoms in total. The van der Waals surface area contributed by atoms with Crippen LogP contribution in [0.4, 0.5) is 8.78 Å². The Morgan fingerprint density at radius 3 is 2.33 bits per heavy atom. The normalized spacial score (nSPS) is 13.8. The molecule has 0 saturated heterocycles. The van der Waals surface area contributed by atoms with Crippen molar-refractivity contribution < 1.29 is 21.4 Å². The molecule has 0 N–H and O–H groups in total. The zero-order valence-electron chi connectivity index (χ0n) is 7.98. The number of hydrogen-bond acceptors (Lipinski definition) is 3. The highest BCUT2D eigenvalue weighted by molar-refractivity contribution is 7.86. The predicted molar refractivity (Wildman–Crippen MR) is 50.3 cm³/mol. The molecule has 15 heavy (non-hydrogen) atoms. The quantitative estimate of drug-likeness (QED) is 0.750. The molecule has 1 aromatic rings. The summed E-state index contributed by atoms with van der Waals surface area (Å²) < 4.78 is 50.7. The first-order valence-electron chi connectivity index (χ1n) is 4.15. The number of hydrogen-bond donors (Lipinski definition) is 0. The molecule has 0 bridgehead atoms. The third-order valence-electron chi connectivity index (χ3n) is 1.66. The lowest BCUT2D eigenvalue weighted by molar-refractivity contribution is 0.0497. The summed E-state index contributed by atoms with van der Waals surface area (Å²) in [6, 6.07) is 5.63. The van der Waals surface area contributed by atoms with E-state index in [9.17, 15) is 17.2 Å². The van der Waals surface area contributed by atoms with Crippen LogP contribution >= 0.6 is 0 Å². The summed E-state index contributed by atoms with van der Waals surface area (Å²) >= 11 is 0. The van der Waals surface area contributed by atoms with Crippen LogP contribution in [-0.4, -0.2) is 21.5 Å². The van der Waals surface area contributed by atoms with E-state index in [1.807, 2.05) is 0 Å². The maximum atomic E-state index is 12.4. The minimum absolute atomic E-state index is 0.191. The van der Waals surface area contributed by atoms with Gasteiger partial charge in [0.1, 0.15) is 6.67 Å². The Morgan fingerprint density at radius 2 is 1.87 bits per heavy atom. The number of rotatable bonds is 4. The zero-order chi connectivity index (χ0) is 11.5. The summed E-state index contributed by atoms with van der Waals surface area (Å²) in [6.07, 6.45) is -2.45. The highest BCUT2D eigenvalue weighted by Gasteiger charge is 2.20. The Balaban J connectivity index is 2.91. The molecular formula is C9H10F2O3S. The van der Waals surface area contributed by atoms with E-state index in [0.717, 1.165) is 5.56 Å². The van der Waals surface area contributed by atoms with Crippen molar-refractivity contribution in [2.24, 2.45) is 0 Å². The molecule has 1 rings (SSSR count). The first-order chi connectivity index (χ1) is 6.95. The molecule has 0 heterocycles. The Hall–Kier alpha value is -1.01. The Morgan fingerprint density at radius 1 is 1.33 bits per heavy atom. The van der Waals surface area contributed by atoms with Crippen LogP contribution in [0.5, 0.6) is 0 Å². The molecule has 0 spiro atoms. The van der Waals surface area contributed by atoms with E-state index in [-0.39, 0.29) is 4.90 Å². The van der Waals surface area contributed by atoms with Gasteiger partial charge in [0, 0.05) is 0 Å². The maximum absolute atomic E-state index is 12.4. The van der Waals surface area contributed by atoms with Crippen LogP contribution in [0, 0.1) is 6.92 Å². The number of alkyl halides is 2. The minimum atomic E-state index is -4.20. The zero-order valence-corrected chi connectivity index (χ0v) is 8.80. The van der Waals surface area contributed by atoms with Crippen molar-refractivity contribution in [3.8, 4) is 0 Å². The largest absolute Gasteiger partial charge is 0.299 e. The molecule has 84 valence electrons. The molecule has 6 heteroatoms. The molecular weight excluding hydrogens is 226 g/mol. The predicted octanol–water partition coefficient (Wildman–Crippen LogP) is 1.97. The molecule has 0 saturated carbocycles. The van der Waals surface area contributed by atoms with Gasteiger partial charge in [-0.25, -0.2) is 13.0 Å². The van der Waals surface area contributed by atoms with Crippen LogP contribution in [0.15, 0.2) is 29.2 Å². The average Bonchev–Trinajstić information content (AvgIpc) is 2.17. The SMILES string of the molecule is Cc1ccc(S(=O)(=O)OC(F)CF)cc1. The van der Waals surface area contributed by atoms with Crippen molar-refractivity contribution in [1.29, 1.82) is 0 Å². The second kappa shape index (κ2) is 4.67. The monoisotopic (exact) mass is 236 g/mol. The highest BCUT2D eigenvalue weighted by Crippen LogP contribution is 2.15. The standard InChI is InChI=1S/C9H10F2O3S/c1-7-2-4-8(5-3-7)15(12,13)14-9(11)6-10/h2-5,9H,6H2,1H3. The lowest BCUT2D eigenvalue weighted by Crippen LogP contribution is -2.15. The van der Waals surface area contributed by atoms with E-state index < -0.39 is 23.2 Å². The van der Waals surface area contributed by atoms with E-state index in [4.69, 9.17) is 0 Å². The smallest absolute Gasteiger partial charge is 0.245 e. The molecule has 0 amide bonds. The van der Waals surface area contributed by atoms with Gasteiger partial charge in [-0.05, 0) is 19.1 Å². The number of aryl methyl sites for hydroxylation is 1. The molecule has 0 aliphatic heterocycles. The van der Waals surface area contributed by atoms with Gasteiger partial charge in [0.05, 0.1) is 4.90 Å². The van der Waals surface area contributed by atoms with E-state index >= 15 is 0 Å². The Bertz CT molecular complexity index is 413. The van der Waals surface area contributed by atoms with Crippen molar-refractivity contribution in [2.75, 3.05) is 6.67 Å². The Kier molecular flexibility index (Phi) is 3.76. The lowest BCUT2D eigenvalue weighted by Gasteiger charge is -2.06. The van der Waals surface area contributed by atoms with E-state index in [1.165, 1.54) is 12.1 Å². The van der Waals surface area contributed by atoms with E-state index in [0.29, 0.717) is 0 Å². The van der Waals surface area contributed by atoms with E-state index in [2.05, 4.69) is 4.18 Å². The summed E-state index contributed by atoms with van der Waals surface area (Å²) in [7, 11) is -4.20. The second-order valence-electron chi connectivity index (χ2n) is 2.93. The average molecular weight is 236 g/mol. The van der Waals surface area contributed by atoms with Crippen molar-refractivity contribution in [3.05, 3.63) is 29.8 Å². The lowest BCUT2D eigenvalue weighted by atomic mass is 10.2. The van der Waals surface area contributed by atoms with Crippen LogP contribution < -0.4 is 0 Å². The van der Waals surface area contributed by atoms with Gasteiger partial charge >= 0.3 is 0 Å². The summed E-state index contributed by atoms with van der Waals surface area (Å²) in [4.78, 5) is -0.191. The summed E-state index contributed by atoms with van der Waals surface area (Å²) in [6.45, 7) is 0.280. The first-order valence-corrected chi connectivity index (χ1v) is 5.56. The van der Waals surface area contributed by atoms with Crippen molar-refractivity contribution in [2.45, 2.75) is 18.2 Å². The van der Waals surface area contributed by atoms with Crippen LogP contribution in [0.1, 0.15) is 5.56 Å². The molecule has 1 unspecified atom stereocenters.